The van der Waals surface area contributed by atoms with Gasteiger partial charge in [-0.15, -0.1) is 0 Å². The van der Waals surface area contributed by atoms with E-state index in [1.54, 1.807) is 6.92 Å². The maximum Gasteiger partial charge on any atom is 0.304 e. The first-order valence-corrected chi connectivity index (χ1v) is 3.40. The molecule has 0 aromatic heterocycles. The summed E-state index contributed by atoms with van der Waals surface area (Å²) >= 11 is 4.29. The Kier molecular flexibility index (Phi) is 5.56. The lowest BCUT2D eigenvalue weighted by atomic mass is 10.7. The van der Waals surface area contributed by atoms with Gasteiger partial charge in [-0.1, -0.05) is 0 Å². The second kappa shape index (κ2) is 5.97. The topological polar surface area (TPSA) is 47.9 Å². The van der Waals surface area contributed by atoms with Crippen molar-refractivity contribution in [2.45, 2.75) is 20.1 Å². The molecule has 5 heteroatoms. The predicted molar refractivity (Wildman–Crippen MR) is 42.2 cm³/mol. The lowest BCUT2D eigenvalue weighted by Crippen LogP contribution is -2.15. The van der Waals surface area contributed by atoms with E-state index >= 15 is 0 Å². The Morgan fingerprint density at radius 2 is 2.45 bits per heavy atom. The molecular formula is C6H9NO3S. The number of carbonyl (C=O) groups is 1. The Morgan fingerprint density at radius 1 is 1.82 bits per heavy atom. The van der Waals surface area contributed by atoms with E-state index in [9.17, 15) is 4.79 Å². The molecule has 0 aromatic rings. The van der Waals surface area contributed by atoms with E-state index in [2.05, 4.69) is 27.1 Å². The molecule has 0 saturated heterocycles. The number of hydrogen-bond acceptors (Lipinski definition) is 5. The van der Waals surface area contributed by atoms with E-state index in [1.165, 1.54) is 6.92 Å². The Hall–Kier alpha value is -0.770. The van der Waals surface area contributed by atoms with E-state index in [-0.39, 0.29) is 12.7 Å². The fraction of sp³-hybridized carbons (Fsp3) is 0.667. The summed E-state index contributed by atoms with van der Waals surface area (Å²) in [5, 5.41) is 2.12. The lowest BCUT2D eigenvalue weighted by molar-refractivity contribution is -0.171. The first-order chi connectivity index (χ1) is 5.16. The van der Waals surface area contributed by atoms with Crippen molar-refractivity contribution in [3.63, 3.8) is 0 Å². The first-order valence-electron chi connectivity index (χ1n) is 2.99. The molecular weight excluding hydrogens is 166 g/mol. The highest BCUT2D eigenvalue weighted by molar-refractivity contribution is 7.78. The number of hydrogen-bond donors (Lipinski definition) is 0. The van der Waals surface area contributed by atoms with Gasteiger partial charge in [-0.3, -0.25) is 4.79 Å². The molecule has 0 saturated carbocycles. The molecule has 0 amide bonds. The van der Waals surface area contributed by atoms with Gasteiger partial charge in [0.15, 0.2) is 6.73 Å². The number of esters is 1. The van der Waals surface area contributed by atoms with Crippen molar-refractivity contribution in [1.29, 1.82) is 0 Å². The molecule has 0 aliphatic heterocycles. The smallest absolute Gasteiger partial charge is 0.304 e. The molecule has 62 valence electrons. The van der Waals surface area contributed by atoms with E-state index in [0.717, 1.165) is 0 Å². The second-order valence-electron chi connectivity index (χ2n) is 1.72. The van der Waals surface area contributed by atoms with Gasteiger partial charge in [-0.25, -0.2) is 4.99 Å². The van der Waals surface area contributed by atoms with Crippen LogP contribution in [-0.2, 0) is 14.3 Å². The van der Waals surface area contributed by atoms with E-state index < -0.39 is 6.29 Å². The molecule has 0 aliphatic rings. The zero-order valence-corrected chi connectivity index (χ0v) is 7.18. The van der Waals surface area contributed by atoms with Crippen molar-refractivity contribution in [3.05, 3.63) is 0 Å². The number of thiocarbonyl (C=S) groups is 1. The number of aliphatic imine (C=N–C) groups is 1. The molecule has 0 heterocycles. The fourth-order valence-corrected chi connectivity index (χ4v) is 0.489. The average molecular weight is 175 g/mol. The number of nitrogens with zero attached hydrogens (tertiary/aromatic N) is 1. The van der Waals surface area contributed by atoms with Gasteiger partial charge in [0.05, 0.1) is 5.16 Å². The third kappa shape index (κ3) is 7.12. The SMILES string of the molecule is CC(=O)OC(C)OCN=C=S. The minimum absolute atomic E-state index is 0.0674. The van der Waals surface area contributed by atoms with Crippen molar-refractivity contribution in [2.24, 2.45) is 4.99 Å². The van der Waals surface area contributed by atoms with E-state index in [0.29, 0.717) is 0 Å². The maximum absolute atomic E-state index is 10.3. The van der Waals surface area contributed by atoms with Crippen molar-refractivity contribution < 1.29 is 14.3 Å². The lowest BCUT2D eigenvalue weighted by Gasteiger charge is -2.09. The number of ether oxygens (including phenoxy) is 2. The minimum atomic E-state index is -0.584. The van der Waals surface area contributed by atoms with Crippen LogP contribution in [0.5, 0.6) is 0 Å². The summed E-state index contributed by atoms with van der Waals surface area (Å²) in [6.45, 7) is 2.97. The van der Waals surface area contributed by atoms with Crippen molar-refractivity contribution in [2.75, 3.05) is 6.73 Å². The van der Waals surface area contributed by atoms with Crippen LogP contribution in [0.15, 0.2) is 4.99 Å². The minimum Gasteiger partial charge on any atom is -0.436 e. The first kappa shape index (κ1) is 10.2. The number of carbonyl (C=O) groups excluding carboxylic acids is 1. The standard InChI is InChI=1S/C6H9NO3S/c1-5(8)10-6(2)9-3-7-4-11/h6H,3H2,1-2H3. The van der Waals surface area contributed by atoms with Gasteiger partial charge in [0.2, 0.25) is 6.29 Å². The highest BCUT2D eigenvalue weighted by Crippen LogP contribution is 1.92. The summed E-state index contributed by atoms with van der Waals surface area (Å²) in [4.78, 5) is 13.8. The third-order valence-electron chi connectivity index (χ3n) is 0.770. The second-order valence-corrected chi connectivity index (χ2v) is 1.90. The summed E-state index contributed by atoms with van der Waals surface area (Å²) in [6.07, 6.45) is -0.584. The summed E-state index contributed by atoms with van der Waals surface area (Å²) in [6, 6.07) is 0. The molecule has 0 radical (unpaired) electrons. The molecule has 4 nitrogen and oxygen atoms in total. The van der Waals surface area contributed by atoms with Crippen LogP contribution in [0.1, 0.15) is 13.8 Å². The molecule has 0 spiro atoms. The summed E-state index contributed by atoms with van der Waals surface area (Å²) < 4.78 is 9.47. The van der Waals surface area contributed by atoms with Crippen LogP contribution in [0.4, 0.5) is 0 Å². The Morgan fingerprint density at radius 3 is 2.91 bits per heavy atom. The Labute approximate surface area is 70.2 Å². The van der Waals surface area contributed by atoms with Gasteiger partial charge in [0.1, 0.15) is 0 Å². The summed E-state index contributed by atoms with van der Waals surface area (Å²) in [5.74, 6) is -0.385. The molecule has 1 unspecified atom stereocenters. The van der Waals surface area contributed by atoms with Gasteiger partial charge in [-0.2, -0.15) is 0 Å². The Balaban J connectivity index is 3.44. The Bertz CT molecular complexity index is 177. The van der Waals surface area contributed by atoms with Gasteiger partial charge in [0.25, 0.3) is 0 Å². The van der Waals surface area contributed by atoms with Crippen LogP contribution >= 0.6 is 12.2 Å². The van der Waals surface area contributed by atoms with Crippen molar-refractivity contribution in [1.82, 2.24) is 0 Å². The van der Waals surface area contributed by atoms with E-state index in [4.69, 9.17) is 4.74 Å². The third-order valence-corrected chi connectivity index (χ3v) is 0.899. The van der Waals surface area contributed by atoms with Crippen LogP contribution in [0, 0.1) is 0 Å². The molecule has 1 atom stereocenters. The van der Waals surface area contributed by atoms with Crippen molar-refractivity contribution >= 4 is 23.3 Å². The molecule has 0 rings (SSSR count). The number of rotatable bonds is 4. The molecule has 0 aliphatic carbocycles. The number of isothiocyanates is 1. The van der Waals surface area contributed by atoms with Crippen LogP contribution in [-0.4, -0.2) is 24.2 Å². The van der Waals surface area contributed by atoms with Crippen LogP contribution < -0.4 is 0 Å². The molecule has 0 aromatic carbocycles. The predicted octanol–water partition coefficient (Wildman–Crippen LogP) is 0.972. The monoisotopic (exact) mass is 175 g/mol. The fourth-order valence-electron chi connectivity index (χ4n) is 0.436. The molecule has 0 bridgehead atoms. The van der Waals surface area contributed by atoms with Crippen LogP contribution in [0.3, 0.4) is 0 Å². The van der Waals surface area contributed by atoms with Gasteiger partial charge < -0.3 is 9.47 Å². The molecule has 0 fully saturated rings. The van der Waals surface area contributed by atoms with Gasteiger partial charge >= 0.3 is 5.97 Å². The van der Waals surface area contributed by atoms with Crippen molar-refractivity contribution in [3.8, 4) is 0 Å². The van der Waals surface area contributed by atoms with Crippen LogP contribution in [0.25, 0.3) is 0 Å². The largest absolute Gasteiger partial charge is 0.436 e. The molecule has 0 N–H and O–H groups in total. The average Bonchev–Trinajstić information content (AvgIpc) is 1.86. The summed E-state index contributed by atoms with van der Waals surface area (Å²) in [7, 11) is 0. The normalized spacial score (nSPS) is 11.5. The highest BCUT2D eigenvalue weighted by Gasteiger charge is 2.02. The maximum atomic E-state index is 10.3. The van der Waals surface area contributed by atoms with E-state index in [1.807, 2.05) is 0 Å². The summed E-state index contributed by atoms with van der Waals surface area (Å²) in [5.41, 5.74) is 0. The zero-order chi connectivity index (χ0) is 8.69. The highest BCUT2D eigenvalue weighted by atomic mass is 32.1. The van der Waals surface area contributed by atoms with Gasteiger partial charge in [0, 0.05) is 6.92 Å². The molecule has 11 heavy (non-hydrogen) atoms. The zero-order valence-electron chi connectivity index (χ0n) is 6.36. The quantitative estimate of drug-likeness (QED) is 0.276. The van der Waals surface area contributed by atoms with Crippen LogP contribution in [0.2, 0.25) is 0 Å². The van der Waals surface area contributed by atoms with Gasteiger partial charge in [-0.05, 0) is 19.1 Å².